The van der Waals surface area contributed by atoms with Crippen molar-refractivity contribution in [2.75, 3.05) is 36.8 Å². The van der Waals surface area contributed by atoms with Crippen molar-refractivity contribution in [3.05, 3.63) is 46.8 Å². The van der Waals surface area contributed by atoms with Gasteiger partial charge < -0.3 is 14.9 Å². The molecule has 2 aromatic heterocycles. The molecule has 1 aliphatic rings. The van der Waals surface area contributed by atoms with Crippen molar-refractivity contribution in [2.24, 2.45) is 0 Å². The molecule has 0 radical (unpaired) electrons. The molecule has 0 bridgehead atoms. The number of hydrogen-bond donors (Lipinski definition) is 1. The highest BCUT2D eigenvalue weighted by atomic mass is 32.2. The normalized spacial score (nSPS) is 14.3. The SMILES string of the molecule is CCc1cc2c(N3CCN(C(=O)c4ccccc4)CC3)nc(SCC(=O)O)nc2s1. The number of carbonyl (C=O) groups is 2. The summed E-state index contributed by atoms with van der Waals surface area (Å²) in [5.74, 6) is -0.0880. The minimum atomic E-state index is -0.890. The smallest absolute Gasteiger partial charge is 0.313 e. The van der Waals surface area contributed by atoms with Crippen molar-refractivity contribution in [3.8, 4) is 0 Å². The number of rotatable bonds is 6. The molecule has 0 aliphatic carbocycles. The van der Waals surface area contributed by atoms with Crippen molar-refractivity contribution in [3.63, 3.8) is 0 Å². The monoisotopic (exact) mass is 442 g/mol. The molecule has 0 unspecified atom stereocenters. The van der Waals surface area contributed by atoms with E-state index < -0.39 is 5.97 Å². The predicted octanol–water partition coefficient (Wildman–Crippen LogP) is 3.39. The number of nitrogens with zero attached hydrogens (tertiary/aromatic N) is 4. The van der Waals surface area contributed by atoms with Gasteiger partial charge in [0.25, 0.3) is 5.91 Å². The Morgan fingerprint density at radius 3 is 2.53 bits per heavy atom. The van der Waals surface area contributed by atoms with Crippen LogP contribution in [0.4, 0.5) is 5.82 Å². The van der Waals surface area contributed by atoms with E-state index in [9.17, 15) is 9.59 Å². The molecule has 1 amide bonds. The van der Waals surface area contributed by atoms with E-state index in [2.05, 4.69) is 27.9 Å². The predicted molar refractivity (Wildman–Crippen MR) is 120 cm³/mol. The Morgan fingerprint density at radius 2 is 1.87 bits per heavy atom. The molecular formula is C21H22N4O3S2. The molecule has 3 aromatic rings. The number of amides is 1. The van der Waals surface area contributed by atoms with Crippen molar-refractivity contribution >= 4 is 51.0 Å². The van der Waals surface area contributed by atoms with Gasteiger partial charge in [0.2, 0.25) is 0 Å². The van der Waals surface area contributed by atoms with E-state index in [1.165, 1.54) is 4.88 Å². The fraction of sp³-hybridized carbons (Fsp3) is 0.333. The third-order valence-electron chi connectivity index (χ3n) is 4.96. The van der Waals surface area contributed by atoms with E-state index in [1.807, 2.05) is 35.2 Å². The minimum Gasteiger partial charge on any atom is -0.481 e. The maximum absolute atomic E-state index is 12.7. The molecule has 1 aliphatic heterocycles. The number of carboxylic acids is 1. The maximum atomic E-state index is 12.7. The number of hydrogen-bond acceptors (Lipinski definition) is 7. The lowest BCUT2D eigenvalue weighted by atomic mass is 10.2. The van der Waals surface area contributed by atoms with Gasteiger partial charge in [-0.15, -0.1) is 11.3 Å². The van der Waals surface area contributed by atoms with Gasteiger partial charge in [0, 0.05) is 36.6 Å². The average Bonchev–Trinajstić information content (AvgIpc) is 3.20. The lowest BCUT2D eigenvalue weighted by molar-refractivity contribution is -0.133. The van der Waals surface area contributed by atoms with Crippen LogP contribution in [0.1, 0.15) is 22.2 Å². The number of aromatic nitrogens is 2. The zero-order chi connectivity index (χ0) is 21.1. The summed E-state index contributed by atoms with van der Waals surface area (Å²) in [6.45, 7) is 4.67. The fourth-order valence-electron chi connectivity index (χ4n) is 3.43. The van der Waals surface area contributed by atoms with Gasteiger partial charge in [0.05, 0.1) is 11.1 Å². The molecule has 1 fully saturated rings. The molecule has 0 spiro atoms. The third-order valence-corrected chi connectivity index (χ3v) is 6.97. The number of carbonyl (C=O) groups excluding carboxylic acids is 1. The summed E-state index contributed by atoms with van der Waals surface area (Å²) in [6.07, 6.45) is 0.914. The highest BCUT2D eigenvalue weighted by Gasteiger charge is 2.25. The maximum Gasteiger partial charge on any atom is 0.313 e. The number of thiophene rings is 1. The van der Waals surface area contributed by atoms with Gasteiger partial charge in [-0.2, -0.15) is 0 Å². The van der Waals surface area contributed by atoms with Crippen LogP contribution in [0.3, 0.4) is 0 Å². The van der Waals surface area contributed by atoms with E-state index >= 15 is 0 Å². The molecule has 0 saturated carbocycles. The molecule has 1 aromatic carbocycles. The molecule has 1 saturated heterocycles. The number of aliphatic carboxylic acids is 1. The molecule has 7 nitrogen and oxygen atoms in total. The first-order chi connectivity index (χ1) is 14.5. The minimum absolute atomic E-state index is 0.0459. The van der Waals surface area contributed by atoms with E-state index in [-0.39, 0.29) is 11.7 Å². The van der Waals surface area contributed by atoms with Crippen molar-refractivity contribution in [1.82, 2.24) is 14.9 Å². The number of thioether (sulfide) groups is 1. The largest absolute Gasteiger partial charge is 0.481 e. The van der Waals surface area contributed by atoms with Crippen LogP contribution in [0.15, 0.2) is 41.6 Å². The molecule has 0 atom stereocenters. The van der Waals surface area contributed by atoms with Crippen LogP contribution in [0.2, 0.25) is 0 Å². The van der Waals surface area contributed by atoms with Gasteiger partial charge in [-0.3, -0.25) is 9.59 Å². The average molecular weight is 443 g/mol. The zero-order valence-corrected chi connectivity index (χ0v) is 18.2. The second kappa shape index (κ2) is 9.01. The quantitative estimate of drug-likeness (QED) is 0.462. The Bertz CT molecular complexity index is 1060. The summed E-state index contributed by atoms with van der Waals surface area (Å²) < 4.78 is 0. The molecule has 9 heteroatoms. The molecule has 4 rings (SSSR count). The molecular weight excluding hydrogens is 420 g/mol. The second-order valence-electron chi connectivity index (χ2n) is 6.94. The van der Waals surface area contributed by atoms with Crippen LogP contribution in [0.5, 0.6) is 0 Å². The molecule has 30 heavy (non-hydrogen) atoms. The Kier molecular flexibility index (Phi) is 6.19. The van der Waals surface area contributed by atoms with E-state index in [1.54, 1.807) is 11.3 Å². The number of anilines is 1. The van der Waals surface area contributed by atoms with Gasteiger partial charge in [-0.25, -0.2) is 9.97 Å². The van der Waals surface area contributed by atoms with Crippen LogP contribution < -0.4 is 4.90 Å². The van der Waals surface area contributed by atoms with Crippen LogP contribution in [0.25, 0.3) is 10.2 Å². The summed E-state index contributed by atoms with van der Waals surface area (Å²) in [5.41, 5.74) is 0.702. The third kappa shape index (κ3) is 4.41. The first-order valence-corrected chi connectivity index (χ1v) is 11.6. The number of piperazine rings is 1. The lowest BCUT2D eigenvalue weighted by Gasteiger charge is -2.35. The lowest BCUT2D eigenvalue weighted by Crippen LogP contribution is -2.49. The van der Waals surface area contributed by atoms with E-state index in [0.29, 0.717) is 36.9 Å². The van der Waals surface area contributed by atoms with Crippen LogP contribution in [0, 0.1) is 0 Å². The number of benzene rings is 1. The number of carboxylic acid groups (broad SMARTS) is 1. The first-order valence-electron chi connectivity index (χ1n) is 9.79. The number of fused-ring (bicyclic) bond motifs is 1. The molecule has 1 N–H and O–H groups in total. The summed E-state index contributed by atoms with van der Waals surface area (Å²) in [5, 5.41) is 10.5. The van der Waals surface area contributed by atoms with Crippen LogP contribution in [-0.2, 0) is 11.2 Å². The van der Waals surface area contributed by atoms with Crippen molar-refractivity contribution < 1.29 is 14.7 Å². The van der Waals surface area contributed by atoms with Crippen LogP contribution in [-0.4, -0.2) is 63.8 Å². The van der Waals surface area contributed by atoms with E-state index in [4.69, 9.17) is 5.11 Å². The van der Waals surface area contributed by atoms with Crippen molar-refractivity contribution in [2.45, 2.75) is 18.5 Å². The van der Waals surface area contributed by atoms with E-state index in [0.717, 1.165) is 34.2 Å². The summed E-state index contributed by atoms with van der Waals surface area (Å²) >= 11 is 2.76. The first kappa shape index (κ1) is 20.6. The zero-order valence-electron chi connectivity index (χ0n) is 16.6. The molecule has 156 valence electrons. The summed E-state index contributed by atoms with van der Waals surface area (Å²) in [6, 6.07) is 11.5. The van der Waals surface area contributed by atoms with Crippen molar-refractivity contribution in [1.29, 1.82) is 0 Å². The summed E-state index contributed by atoms with van der Waals surface area (Å²) in [4.78, 5) is 39.1. The fourth-order valence-corrected chi connectivity index (χ4v) is 5.01. The topological polar surface area (TPSA) is 86.6 Å². The highest BCUT2D eigenvalue weighted by Crippen LogP contribution is 2.33. The van der Waals surface area contributed by atoms with Gasteiger partial charge in [0.15, 0.2) is 5.16 Å². The van der Waals surface area contributed by atoms with Crippen LogP contribution >= 0.6 is 23.1 Å². The standard InChI is InChI=1S/C21H22N4O3S2/c1-2-15-12-16-18(22-21(23-19(16)30-15)29-13-17(26)27)24-8-10-25(11-9-24)20(28)14-6-4-3-5-7-14/h3-7,12H,2,8-11,13H2,1H3,(H,26,27). The van der Waals surface area contributed by atoms with Gasteiger partial charge in [-0.1, -0.05) is 36.9 Å². The van der Waals surface area contributed by atoms with Gasteiger partial charge in [-0.05, 0) is 24.6 Å². The number of aryl methyl sites for hydroxylation is 1. The Labute approximate surface area is 182 Å². The Hall–Kier alpha value is -2.65. The molecule has 3 heterocycles. The van der Waals surface area contributed by atoms with Gasteiger partial charge >= 0.3 is 5.97 Å². The Balaban J connectivity index is 1.56. The second-order valence-corrected chi connectivity index (χ2v) is 9.00. The highest BCUT2D eigenvalue weighted by molar-refractivity contribution is 7.99. The Morgan fingerprint density at radius 1 is 1.13 bits per heavy atom. The van der Waals surface area contributed by atoms with Gasteiger partial charge in [0.1, 0.15) is 10.6 Å². The summed E-state index contributed by atoms with van der Waals surface area (Å²) in [7, 11) is 0.